The smallest absolute Gasteiger partial charge is 0.223 e. The quantitative estimate of drug-likeness (QED) is 0.710. The standard InChI is InChI=1S/C22H35N3O3/c23-18-22(9-5-2-6-10-22)15-21(27)25-13-11-24(12-14-25)16-19(26)17-28-20-7-3-1-4-8-20/h1,3-4,7-8,19,26H,2,5-6,9-18,23H2. The molecule has 156 valence electrons. The number of β-amino-alcohol motifs (C(OH)–C–C–N with tert-alkyl or cyclic N) is 1. The number of ether oxygens (including phenoxy) is 1. The van der Waals surface area contributed by atoms with E-state index in [0.717, 1.165) is 44.8 Å². The van der Waals surface area contributed by atoms with Crippen molar-refractivity contribution in [3.05, 3.63) is 30.3 Å². The first-order chi connectivity index (χ1) is 13.6. The Morgan fingerprint density at radius 2 is 1.79 bits per heavy atom. The summed E-state index contributed by atoms with van der Waals surface area (Å²) in [6.45, 7) is 4.51. The SMILES string of the molecule is NCC1(CC(=O)N2CCN(CC(O)COc3ccccc3)CC2)CCCCC1. The molecule has 6 nitrogen and oxygen atoms in total. The van der Waals surface area contributed by atoms with Crippen LogP contribution in [0.2, 0.25) is 0 Å². The molecule has 1 aromatic rings. The molecule has 0 bridgehead atoms. The van der Waals surface area contributed by atoms with Crippen molar-refractivity contribution >= 4 is 5.91 Å². The summed E-state index contributed by atoms with van der Waals surface area (Å²) in [4.78, 5) is 17.0. The van der Waals surface area contributed by atoms with Crippen LogP contribution in [0.3, 0.4) is 0 Å². The number of hydrogen-bond acceptors (Lipinski definition) is 5. The minimum atomic E-state index is -0.537. The lowest BCUT2D eigenvalue weighted by molar-refractivity contribution is -0.136. The van der Waals surface area contributed by atoms with E-state index in [0.29, 0.717) is 19.5 Å². The largest absolute Gasteiger partial charge is 0.491 e. The summed E-state index contributed by atoms with van der Waals surface area (Å²) in [5.74, 6) is 1.02. The van der Waals surface area contributed by atoms with Gasteiger partial charge in [0.05, 0.1) is 0 Å². The van der Waals surface area contributed by atoms with E-state index in [-0.39, 0.29) is 17.9 Å². The first kappa shape index (κ1) is 21.1. The highest BCUT2D eigenvalue weighted by Crippen LogP contribution is 2.38. The van der Waals surface area contributed by atoms with Gasteiger partial charge in [-0.05, 0) is 36.9 Å². The summed E-state index contributed by atoms with van der Waals surface area (Å²) in [7, 11) is 0. The Balaban J connectivity index is 1.38. The summed E-state index contributed by atoms with van der Waals surface area (Å²) in [6.07, 6.45) is 5.89. The maximum absolute atomic E-state index is 12.8. The normalized spacial score (nSPS) is 21.3. The van der Waals surface area contributed by atoms with E-state index in [2.05, 4.69) is 4.90 Å². The lowest BCUT2D eigenvalue weighted by atomic mass is 9.71. The summed E-state index contributed by atoms with van der Waals surface area (Å²) < 4.78 is 5.62. The molecule has 3 rings (SSSR count). The van der Waals surface area contributed by atoms with Crippen LogP contribution >= 0.6 is 0 Å². The van der Waals surface area contributed by atoms with Crippen LogP contribution in [0.1, 0.15) is 38.5 Å². The summed E-state index contributed by atoms with van der Waals surface area (Å²) in [5.41, 5.74) is 6.07. The van der Waals surface area contributed by atoms with Gasteiger partial charge in [0.15, 0.2) is 0 Å². The Hall–Kier alpha value is -1.63. The average Bonchev–Trinajstić information content (AvgIpc) is 2.74. The third-order valence-corrected chi connectivity index (χ3v) is 6.25. The maximum Gasteiger partial charge on any atom is 0.223 e. The molecule has 1 aliphatic heterocycles. The lowest BCUT2D eigenvalue weighted by Crippen LogP contribution is -2.52. The number of hydrogen-bond donors (Lipinski definition) is 2. The van der Waals surface area contributed by atoms with Gasteiger partial charge in [-0.15, -0.1) is 0 Å². The predicted octanol–water partition coefficient (Wildman–Crippen LogP) is 1.87. The predicted molar refractivity (Wildman–Crippen MR) is 110 cm³/mol. The van der Waals surface area contributed by atoms with Crippen molar-refractivity contribution in [1.29, 1.82) is 0 Å². The highest BCUT2D eigenvalue weighted by atomic mass is 16.5. The van der Waals surface area contributed by atoms with Crippen LogP contribution in [0.25, 0.3) is 0 Å². The number of carbonyl (C=O) groups excluding carboxylic acids is 1. The Morgan fingerprint density at radius 3 is 2.43 bits per heavy atom. The number of para-hydroxylation sites is 1. The fourth-order valence-corrected chi connectivity index (χ4v) is 4.43. The van der Waals surface area contributed by atoms with Gasteiger partial charge >= 0.3 is 0 Å². The van der Waals surface area contributed by atoms with Gasteiger partial charge in [-0.3, -0.25) is 9.69 Å². The number of nitrogens with two attached hydrogens (primary N) is 1. The first-order valence-electron chi connectivity index (χ1n) is 10.7. The van der Waals surface area contributed by atoms with Gasteiger partial charge in [-0.2, -0.15) is 0 Å². The summed E-state index contributed by atoms with van der Waals surface area (Å²) in [6, 6.07) is 9.54. The maximum atomic E-state index is 12.8. The van der Waals surface area contributed by atoms with Crippen LogP contribution in [0.4, 0.5) is 0 Å². The molecule has 0 radical (unpaired) electrons. The van der Waals surface area contributed by atoms with Crippen LogP contribution in [-0.2, 0) is 4.79 Å². The molecule has 1 heterocycles. The second-order valence-electron chi connectivity index (χ2n) is 8.40. The highest BCUT2D eigenvalue weighted by molar-refractivity contribution is 5.77. The van der Waals surface area contributed by atoms with Gasteiger partial charge in [-0.25, -0.2) is 0 Å². The molecule has 0 aromatic heterocycles. The van der Waals surface area contributed by atoms with Crippen molar-refractivity contribution in [2.45, 2.75) is 44.6 Å². The van der Waals surface area contributed by atoms with Gasteiger partial charge in [0.2, 0.25) is 5.91 Å². The van der Waals surface area contributed by atoms with Crippen LogP contribution in [0.5, 0.6) is 5.75 Å². The molecule has 2 aliphatic rings. The molecule has 3 N–H and O–H groups in total. The fourth-order valence-electron chi connectivity index (χ4n) is 4.43. The van der Waals surface area contributed by atoms with Gasteiger partial charge in [0.25, 0.3) is 0 Å². The molecule has 6 heteroatoms. The lowest BCUT2D eigenvalue weighted by Gasteiger charge is -2.40. The zero-order chi connectivity index (χ0) is 19.8. The molecule has 0 spiro atoms. The molecule has 1 aromatic carbocycles. The van der Waals surface area contributed by atoms with Gasteiger partial charge < -0.3 is 20.5 Å². The van der Waals surface area contributed by atoms with Crippen LogP contribution in [0.15, 0.2) is 30.3 Å². The monoisotopic (exact) mass is 389 g/mol. The summed E-state index contributed by atoms with van der Waals surface area (Å²) >= 11 is 0. The number of amides is 1. The molecule has 1 unspecified atom stereocenters. The molecular formula is C22H35N3O3. The number of carbonyl (C=O) groups is 1. The number of benzene rings is 1. The van der Waals surface area contributed by atoms with E-state index in [1.54, 1.807) is 0 Å². The van der Waals surface area contributed by atoms with E-state index in [4.69, 9.17) is 10.5 Å². The van der Waals surface area contributed by atoms with Crippen molar-refractivity contribution in [3.63, 3.8) is 0 Å². The minimum absolute atomic E-state index is 0.0252. The fraction of sp³-hybridized carbons (Fsp3) is 0.682. The van der Waals surface area contributed by atoms with Crippen molar-refractivity contribution in [2.75, 3.05) is 45.9 Å². The Kier molecular flexibility index (Phi) is 7.71. The number of piperazine rings is 1. The number of aliphatic hydroxyl groups is 1. The molecule has 1 aliphatic carbocycles. The van der Waals surface area contributed by atoms with Crippen molar-refractivity contribution in [2.24, 2.45) is 11.1 Å². The van der Waals surface area contributed by atoms with Crippen LogP contribution in [-0.4, -0.2) is 72.8 Å². The van der Waals surface area contributed by atoms with Gasteiger partial charge in [-0.1, -0.05) is 37.5 Å². The van der Waals surface area contributed by atoms with E-state index in [1.165, 1.54) is 19.3 Å². The third kappa shape index (κ3) is 5.93. The molecule has 28 heavy (non-hydrogen) atoms. The van der Waals surface area contributed by atoms with Gasteiger partial charge in [0.1, 0.15) is 18.5 Å². The van der Waals surface area contributed by atoms with Crippen molar-refractivity contribution in [1.82, 2.24) is 9.80 Å². The van der Waals surface area contributed by atoms with Crippen molar-refractivity contribution < 1.29 is 14.6 Å². The van der Waals surface area contributed by atoms with Gasteiger partial charge in [0, 0.05) is 39.1 Å². The zero-order valence-electron chi connectivity index (χ0n) is 16.9. The van der Waals surface area contributed by atoms with Crippen molar-refractivity contribution in [3.8, 4) is 5.75 Å². The molecule has 1 amide bonds. The van der Waals surface area contributed by atoms with Crippen LogP contribution < -0.4 is 10.5 Å². The Morgan fingerprint density at radius 1 is 1.11 bits per heavy atom. The van der Waals surface area contributed by atoms with E-state index < -0.39 is 6.10 Å². The third-order valence-electron chi connectivity index (χ3n) is 6.25. The molecule has 1 saturated carbocycles. The summed E-state index contributed by atoms with van der Waals surface area (Å²) in [5, 5.41) is 10.3. The molecule has 1 atom stereocenters. The Bertz CT molecular complexity index is 596. The number of nitrogens with zero attached hydrogens (tertiary/aromatic N) is 2. The first-order valence-corrected chi connectivity index (χ1v) is 10.7. The second kappa shape index (κ2) is 10.2. The number of rotatable bonds is 8. The number of aliphatic hydroxyl groups excluding tert-OH is 1. The molecular weight excluding hydrogens is 354 g/mol. The van der Waals surface area contributed by atoms with E-state index >= 15 is 0 Å². The van der Waals surface area contributed by atoms with E-state index in [1.807, 2.05) is 35.2 Å². The molecule has 2 fully saturated rings. The topological polar surface area (TPSA) is 79.0 Å². The van der Waals surface area contributed by atoms with Crippen LogP contribution in [0, 0.1) is 5.41 Å². The highest BCUT2D eigenvalue weighted by Gasteiger charge is 2.35. The van der Waals surface area contributed by atoms with E-state index in [9.17, 15) is 9.90 Å². The minimum Gasteiger partial charge on any atom is -0.491 e. The average molecular weight is 390 g/mol. The molecule has 1 saturated heterocycles. The Labute approximate surface area is 168 Å². The zero-order valence-corrected chi connectivity index (χ0v) is 16.9. The second-order valence-corrected chi connectivity index (χ2v) is 8.40.